The molecule has 1 aliphatic rings. The molecule has 0 atom stereocenters. The fourth-order valence-electron chi connectivity index (χ4n) is 2.24. The van der Waals surface area contributed by atoms with E-state index in [2.05, 4.69) is 4.98 Å². The van der Waals surface area contributed by atoms with Gasteiger partial charge in [-0.3, -0.25) is 9.82 Å². The second kappa shape index (κ2) is 4.56. The lowest BCUT2D eigenvalue weighted by molar-refractivity contribution is -0.0283. The van der Waals surface area contributed by atoms with Crippen molar-refractivity contribution in [3.05, 3.63) is 36.0 Å². The number of hydrogen-bond acceptors (Lipinski definition) is 4. The van der Waals surface area contributed by atoms with Gasteiger partial charge in [-0.15, -0.1) is 0 Å². The van der Waals surface area contributed by atoms with Crippen molar-refractivity contribution in [3.63, 3.8) is 0 Å². The Bertz CT molecular complexity index is 722. The Morgan fingerprint density at radius 1 is 1.32 bits per heavy atom. The lowest BCUT2D eigenvalue weighted by Gasteiger charge is -2.16. The van der Waals surface area contributed by atoms with E-state index in [1.807, 2.05) is 6.92 Å². The van der Waals surface area contributed by atoms with E-state index in [4.69, 9.17) is 4.84 Å². The molecule has 5 nitrogen and oxygen atoms in total. The van der Waals surface area contributed by atoms with Crippen LogP contribution in [0.1, 0.15) is 12.0 Å². The molecule has 0 radical (unpaired) electrons. The molecule has 1 saturated heterocycles. The third-order valence-electron chi connectivity index (χ3n) is 3.20. The molecule has 0 bridgehead atoms. The zero-order chi connectivity index (χ0) is 13.5. The first kappa shape index (κ1) is 12.5. The first-order valence-electron chi connectivity index (χ1n) is 6.11. The molecule has 1 fully saturated rings. The summed E-state index contributed by atoms with van der Waals surface area (Å²) in [5.41, 5.74) is 1.67. The maximum absolute atomic E-state index is 12.5. The highest BCUT2D eigenvalue weighted by atomic mass is 32.2. The summed E-state index contributed by atoms with van der Waals surface area (Å²) in [4.78, 5) is 9.69. The van der Waals surface area contributed by atoms with Gasteiger partial charge in [-0.1, -0.05) is 10.5 Å². The molecular formula is C13H14N2O3S. The number of nitrogens with zero attached hydrogens (tertiary/aromatic N) is 2. The SMILES string of the molecule is Cc1ccc(S(=O)(=O)N2CCCO2)c2cccnc12. The molecule has 0 saturated carbocycles. The summed E-state index contributed by atoms with van der Waals surface area (Å²) in [6.45, 7) is 2.76. The van der Waals surface area contributed by atoms with Crippen LogP contribution in [-0.2, 0) is 14.9 Å². The van der Waals surface area contributed by atoms with Crippen molar-refractivity contribution in [3.8, 4) is 0 Å². The Hall–Kier alpha value is -1.50. The molecule has 0 aliphatic carbocycles. The summed E-state index contributed by atoms with van der Waals surface area (Å²) in [5.74, 6) is 0. The van der Waals surface area contributed by atoms with Crippen LogP contribution in [0.5, 0.6) is 0 Å². The number of rotatable bonds is 2. The van der Waals surface area contributed by atoms with E-state index in [1.165, 1.54) is 0 Å². The van der Waals surface area contributed by atoms with E-state index in [9.17, 15) is 8.42 Å². The molecule has 1 aliphatic heterocycles. The van der Waals surface area contributed by atoms with Gasteiger partial charge in [0.2, 0.25) is 0 Å². The summed E-state index contributed by atoms with van der Waals surface area (Å²) in [5, 5.41) is 0.637. The predicted molar refractivity (Wildman–Crippen MR) is 70.9 cm³/mol. The summed E-state index contributed by atoms with van der Waals surface area (Å²) >= 11 is 0. The third-order valence-corrected chi connectivity index (χ3v) is 4.93. The Morgan fingerprint density at radius 3 is 2.89 bits per heavy atom. The molecule has 0 spiro atoms. The molecule has 6 heteroatoms. The number of benzene rings is 1. The van der Waals surface area contributed by atoms with Crippen LogP contribution in [-0.4, -0.2) is 31.0 Å². The topological polar surface area (TPSA) is 59.5 Å². The van der Waals surface area contributed by atoms with Crippen LogP contribution in [0, 0.1) is 6.92 Å². The normalized spacial score (nSPS) is 17.1. The van der Waals surface area contributed by atoms with Crippen LogP contribution in [0.3, 0.4) is 0 Å². The Kier molecular flexibility index (Phi) is 3.00. The quantitative estimate of drug-likeness (QED) is 0.841. The fraction of sp³-hybridized carbons (Fsp3) is 0.308. The average molecular weight is 278 g/mol. The first-order chi connectivity index (χ1) is 9.10. The van der Waals surface area contributed by atoms with Gasteiger partial charge in [0.15, 0.2) is 0 Å². The van der Waals surface area contributed by atoms with Crippen LogP contribution in [0.2, 0.25) is 0 Å². The van der Waals surface area contributed by atoms with Gasteiger partial charge < -0.3 is 0 Å². The van der Waals surface area contributed by atoms with Crippen molar-refractivity contribution in [2.45, 2.75) is 18.2 Å². The van der Waals surface area contributed by atoms with E-state index >= 15 is 0 Å². The van der Waals surface area contributed by atoms with Crippen molar-refractivity contribution >= 4 is 20.9 Å². The molecule has 0 unspecified atom stereocenters. The van der Waals surface area contributed by atoms with Crippen molar-refractivity contribution in [2.75, 3.05) is 13.2 Å². The van der Waals surface area contributed by atoms with Crippen LogP contribution >= 0.6 is 0 Å². The number of hydrogen-bond donors (Lipinski definition) is 0. The van der Waals surface area contributed by atoms with E-state index in [0.29, 0.717) is 24.1 Å². The van der Waals surface area contributed by atoms with Crippen LogP contribution in [0.4, 0.5) is 0 Å². The number of aromatic nitrogens is 1. The Labute approximate surface area is 111 Å². The second-order valence-electron chi connectivity index (χ2n) is 4.50. The fourth-order valence-corrected chi connectivity index (χ4v) is 3.72. The minimum atomic E-state index is -3.61. The van der Waals surface area contributed by atoms with Crippen molar-refractivity contribution in [1.29, 1.82) is 0 Å². The maximum Gasteiger partial charge on any atom is 0.265 e. The third kappa shape index (κ3) is 2.01. The second-order valence-corrected chi connectivity index (χ2v) is 6.30. The van der Waals surface area contributed by atoms with Gasteiger partial charge in [0.05, 0.1) is 17.0 Å². The average Bonchev–Trinajstić information content (AvgIpc) is 2.94. The van der Waals surface area contributed by atoms with Crippen molar-refractivity contribution in [1.82, 2.24) is 9.45 Å². The number of pyridine rings is 1. The van der Waals surface area contributed by atoms with Gasteiger partial charge in [0.25, 0.3) is 10.0 Å². The lowest BCUT2D eigenvalue weighted by atomic mass is 10.1. The van der Waals surface area contributed by atoms with Crippen molar-refractivity contribution in [2.24, 2.45) is 0 Å². The van der Waals surface area contributed by atoms with Gasteiger partial charge in [0, 0.05) is 18.1 Å². The smallest absolute Gasteiger partial charge is 0.265 e. The minimum absolute atomic E-state index is 0.253. The highest BCUT2D eigenvalue weighted by Crippen LogP contribution is 2.28. The zero-order valence-electron chi connectivity index (χ0n) is 10.5. The summed E-state index contributed by atoms with van der Waals surface area (Å²) in [6.07, 6.45) is 2.39. The first-order valence-corrected chi connectivity index (χ1v) is 7.55. The van der Waals surface area contributed by atoms with Gasteiger partial charge >= 0.3 is 0 Å². The standard InChI is InChI=1S/C13H14N2O3S/c1-10-5-6-12(11-4-2-7-14-13(10)11)19(16,17)15-8-3-9-18-15/h2,4-7H,3,8-9H2,1H3. The molecule has 3 rings (SSSR count). The maximum atomic E-state index is 12.5. The minimum Gasteiger partial charge on any atom is -0.284 e. The Morgan fingerprint density at radius 2 is 2.16 bits per heavy atom. The molecular weight excluding hydrogens is 264 g/mol. The Balaban J connectivity index is 2.23. The molecule has 19 heavy (non-hydrogen) atoms. The van der Waals surface area contributed by atoms with Crippen LogP contribution in [0.25, 0.3) is 10.9 Å². The molecule has 0 amide bonds. The van der Waals surface area contributed by atoms with Gasteiger partial charge in [-0.25, -0.2) is 8.42 Å². The molecule has 100 valence electrons. The van der Waals surface area contributed by atoms with E-state index < -0.39 is 10.0 Å². The van der Waals surface area contributed by atoms with Gasteiger partial charge in [0.1, 0.15) is 0 Å². The lowest BCUT2D eigenvalue weighted by Crippen LogP contribution is -2.27. The summed E-state index contributed by atoms with van der Waals surface area (Å²) < 4.78 is 26.1. The predicted octanol–water partition coefficient (Wildman–Crippen LogP) is 1.87. The zero-order valence-corrected chi connectivity index (χ0v) is 11.4. The largest absolute Gasteiger partial charge is 0.284 e. The number of hydroxylamine groups is 1. The molecule has 2 heterocycles. The number of sulfonamides is 1. The van der Waals surface area contributed by atoms with E-state index in [1.54, 1.807) is 30.5 Å². The monoisotopic (exact) mass is 278 g/mol. The molecule has 2 aromatic rings. The van der Waals surface area contributed by atoms with Crippen LogP contribution < -0.4 is 0 Å². The van der Waals surface area contributed by atoms with Crippen LogP contribution in [0.15, 0.2) is 35.4 Å². The number of aryl methyl sites for hydroxylation is 1. The number of fused-ring (bicyclic) bond motifs is 1. The van der Waals surface area contributed by atoms with Crippen molar-refractivity contribution < 1.29 is 13.3 Å². The summed E-state index contributed by atoms with van der Waals surface area (Å²) in [6, 6.07) is 6.92. The van der Waals surface area contributed by atoms with Gasteiger partial charge in [-0.05, 0) is 37.1 Å². The van der Waals surface area contributed by atoms with E-state index in [0.717, 1.165) is 16.5 Å². The highest BCUT2D eigenvalue weighted by Gasteiger charge is 2.30. The molecule has 0 N–H and O–H groups in total. The highest BCUT2D eigenvalue weighted by molar-refractivity contribution is 7.89. The summed E-state index contributed by atoms with van der Waals surface area (Å²) in [7, 11) is -3.61. The van der Waals surface area contributed by atoms with Gasteiger partial charge in [-0.2, -0.15) is 0 Å². The van der Waals surface area contributed by atoms with E-state index in [-0.39, 0.29) is 4.90 Å². The molecule has 1 aromatic heterocycles. The molecule has 1 aromatic carbocycles.